The quantitative estimate of drug-likeness (QED) is 0.889. The lowest BCUT2D eigenvalue weighted by Crippen LogP contribution is -2.36. The van der Waals surface area contributed by atoms with Crippen molar-refractivity contribution in [3.8, 4) is 0 Å². The molecule has 0 aliphatic carbocycles. The van der Waals surface area contributed by atoms with E-state index < -0.39 is 0 Å². The summed E-state index contributed by atoms with van der Waals surface area (Å²) in [5.74, 6) is 0. The molecular formula is C17H24N2. The van der Waals surface area contributed by atoms with E-state index >= 15 is 0 Å². The van der Waals surface area contributed by atoms with Crippen molar-refractivity contribution in [3.05, 3.63) is 48.0 Å². The van der Waals surface area contributed by atoms with E-state index in [1.54, 1.807) is 0 Å². The number of hydrogen-bond donors (Lipinski definition) is 1. The number of hydrogen-bond acceptors (Lipinski definition) is 2. The van der Waals surface area contributed by atoms with Gasteiger partial charge in [-0.1, -0.05) is 56.3 Å². The molecular weight excluding hydrogens is 232 g/mol. The van der Waals surface area contributed by atoms with Gasteiger partial charge in [-0.15, -0.1) is 0 Å². The summed E-state index contributed by atoms with van der Waals surface area (Å²) in [6.45, 7) is 7.11. The zero-order valence-electron chi connectivity index (χ0n) is 12.2. The first-order valence-electron chi connectivity index (χ1n) is 6.87. The predicted molar refractivity (Wildman–Crippen MR) is 83.1 cm³/mol. The van der Waals surface area contributed by atoms with Gasteiger partial charge in [0.1, 0.15) is 0 Å². The van der Waals surface area contributed by atoms with Gasteiger partial charge in [-0.3, -0.25) is 0 Å². The minimum Gasteiger partial charge on any atom is -0.330 e. The minimum atomic E-state index is 0.166. The Morgan fingerprint density at radius 3 is 2.47 bits per heavy atom. The lowest BCUT2D eigenvalue weighted by atomic mass is 9.93. The van der Waals surface area contributed by atoms with Crippen molar-refractivity contribution < 1.29 is 0 Å². The second-order valence-electron chi connectivity index (χ2n) is 6.18. The molecule has 0 aromatic heterocycles. The van der Waals surface area contributed by atoms with Gasteiger partial charge >= 0.3 is 0 Å². The Morgan fingerprint density at radius 2 is 1.74 bits per heavy atom. The molecule has 0 amide bonds. The van der Waals surface area contributed by atoms with Crippen LogP contribution in [0.2, 0.25) is 0 Å². The summed E-state index contributed by atoms with van der Waals surface area (Å²) in [6, 6.07) is 15.1. The zero-order valence-corrected chi connectivity index (χ0v) is 12.2. The Balaban J connectivity index is 2.17. The molecule has 0 bridgehead atoms. The maximum Gasteiger partial charge on any atom is 0.0237 e. The van der Waals surface area contributed by atoms with E-state index in [0.717, 1.165) is 13.1 Å². The Kier molecular flexibility index (Phi) is 4.23. The summed E-state index contributed by atoms with van der Waals surface area (Å²) < 4.78 is 0. The zero-order chi connectivity index (χ0) is 13.9. The molecule has 0 spiro atoms. The predicted octanol–water partition coefficient (Wildman–Crippen LogP) is 3.26. The molecule has 0 fully saturated rings. The van der Waals surface area contributed by atoms with Crippen molar-refractivity contribution in [2.45, 2.75) is 20.4 Å². The third-order valence-corrected chi connectivity index (χ3v) is 3.57. The van der Waals surface area contributed by atoms with Crippen LogP contribution in [0.5, 0.6) is 0 Å². The molecule has 2 aromatic carbocycles. The summed E-state index contributed by atoms with van der Waals surface area (Å²) in [5.41, 5.74) is 7.36. The molecule has 2 rings (SSSR count). The number of nitrogens with zero attached hydrogens (tertiary/aromatic N) is 1. The lowest BCUT2D eigenvalue weighted by Gasteiger charge is -2.29. The van der Waals surface area contributed by atoms with Gasteiger partial charge in [0.2, 0.25) is 0 Å². The summed E-state index contributed by atoms with van der Waals surface area (Å²) in [5, 5.41) is 2.66. The number of benzene rings is 2. The molecule has 0 aliphatic rings. The Morgan fingerprint density at radius 1 is 1.05 bits per heavy atom. The summed E-state index contributed by atoms with van der Waals surface area (Å²) in [7, 11) is 2.17. The van der Waals surface area contributed by atoms with Crippen LogP contribution in [-0.4, -0.2) is 25.0 Å². The highest BCUT2D eigenvalue weighted by molar-refractivity contribution is 5.85. The molecule has 0 saturated heterocycles. The van der Waals surface area contributed by atoms with Crippen LogP contribution >= 0.6 is 0 Å². The van der Waals surface area contributed by atoms with Crippen molar-refractivity contribution in [1.82, 2.24) is 4.90 Å². The van der Waals surface area contributed by atoms with Gasteiger partial charge in [0, 0.05) is 13.1 Å². The molecule has 0 aliphatic heterocycles. The fourth-order valence-corrected chi connectivity index (χ4v) is 2.57. The van der Waals surface area contributed by atoms with Crippen LogP contribution in [0.1, 0.15) is 19.4 Å². The van der Waals surface area contributed by atoms with Crippen molar-refractivity contribution in [2.75, 3.05) is 20.1 Å². The van der Waals surface area contributed by atoms with E-state index in [0.29, 0.717) is 6.54 Å². The molecule has 19 heavy (non-hydrogen) atoms. The summed E-state index contributed by atoms with van der Waals surface area (Å²) in [6.07, 6.45) is 0. The molecule has 2 heteroatoms. The van der Waals surface area contributed by atoms with Crippen LogP contribution in [0.15, 0.2) is 42.5 Å². The van der Waals surface area contributed by atoms with Crippen LogP contribution in [0.4, 0.5) is 0 Å². The van der Waals surface area contributed by atoms with Gasteiger partial charge in [0.15, 0.2) is 0 Å². The molecule has 2 aromatic rings. The van der Waals surface area contributed by atoms with Crippen LogP contribution in [0.3, 0.4) is 0 Å². The van der Waals surface area contributed by atoms with Crippen molar-refractivity contribution in [3.63, 3.8) is 0 Å². The monoisotopic (exact) mass is 256 g/mol. The van der Waals surface area contributed by atoms with E-state index in [1.807, 2.05) is 0 Å². The average molecular weight is 256 g/mol. The summed E-state index contributed by atoms with van der Waals surface area (Å²) in [4.78, 5) is 2.36. The smallest absolute Gasteiger partial charge is 0.0237 e. The van der Waals surface area contributed by atoms with Gasteiger partial charge in [0.05, 0.1) is 0 Å². The van der Waals surface area contributed by atoms with E-state index in [4.69, 9.17) is 5.73 Å². The molecule has 0 unspecified atom stereocenters. The van der Waals surface area contributed by atoms with E-state index in [9.17, 15) is 0 Å². The van der Waals surface area contributed by atoms with Crippen LogP contribution in [-0.2, 0) is 6.54 Å². The van der Waals surface area contributed by atoms with Crippen molar-refractivity contribution in [2.24, 2.45) is 11.1 Å². The topological polar surface area (TPSA) is 29.3 Å². The van der Waals surface area contributed by atoms with E-state index in [-0.39, 0.29) is 5.41 Å². The highest BCUT2D eigenvalue weighted by Gasteiger charge is 2.18. The first-order chi connectivity index (χ1) is 9.02. The van der Waals surface area contributed by atoms with Crippen LogP contribution < -0.4 is 5.73 Å². The first kappa shape index (κ1) is 14.0. The highest BCUT2D eigenvalue weighted by Crippen LogP contribution is 2.21. The maximum atomic E-state index is 5.81. The Labute approximate surface area is 116 Å². The Bertz CT molecular complexity index is 540. The number of nitrogens with two attached hydrogens (primary N) is 1. The SMILES string of the molecule is CN(Cc1cccc2ccccc12)CC(C)(C)CN. The molecule has 2 nitrogen and oxygen atoms in total. The second-order valence-corrected chi connectivity index (χ2v) is 6.18. The van der Waals surface area contributed by atoms with Gasteiger partial charge < -0.3 is 10.6 Å². The minimum absolute atomic E-state index is 0.166. The first-order valence-corrected chi connectivity index (χ1v) is 6.87. The average Bonchev–Trinajstić information content (AvgIpc) is 2.38. The molecule has 0 radical (unpaired) electrons. The van der Waals surface area contributed by atoms with E-state index in [2.05, 4.69) is 68.3 Å². The number of fused-ring (bicyclic) bond motifs is 1. The van der Waals surface area contributed by atoms with Gasteiger partial charge in [-0.25, -0.2) is 0 Å². The fraction of sp³-hybridized carbons (Fsp3) is 0.412. The fourth-order valence-electron chi connectivity index (χ4n) is 2.57. The second kappa shape index (κ2) is 5.72. The van der Waals surface area contributed by atoms with Gasteiger partial charge in [0.25, 0.3) is 0 Å². The highest BCUT2D eigenvalue weighted by atomic mass is 15.1. The molecule has 102 valence electrons. The standard InChI is InChI=1S/C17H24N2/c1-17(2,12-18)13-19(3)11-15-9-6-8-14-7-4-5-10-16(14)15/h4-10H,11-13,18H2,1-3H3. The largest absolute Gasteiger partial charge is 0.330 e. The molecule has 0 saturated carbocycles. The normalized spacial score (nSPS) is 12.3. The molecule has 0 atom stereocenters. The summed E-state index contributed by atoms with van der Waals surface area (Å²) >= 11 is 0. The lowest BCUT2D eigenvalue weighted by molar-refractivity contribution is 0.210. The van der Waals surface area contributed by atoms with Crippen molar-refractivity contribution in [1.29, 1.82) is 0 Å². The van der Waals surface area contributed by atoms with Crippen LogP contribution in [0.25, 0.3) is 10.8 Å². The third kappa shape index (κ3) is 3.55. The molecule has 2 N–H and O–H groups in total. The van der Waals surface area contributed by atoms with Gasteiger partial charge in [-0.2, -0.15) is 0 Å². The Hall–Kier alpha value is -1.38. The molecule has 0 heterocycles. The van der Waals surface area contributed by atoms with Gasteiger partial charge in [-0.05, 0) is 35.3 Å². The maximum absolute atomic E-state index is 5.81. The van der Waals surface area contributed by atoms with Crippen molar-refractivity contribution >= 4 is 10.8 Å². The van der Waals surface area contributed by atoms with E-state index in [1.165, 1.54) is 16.3 Å². The number of rotatable bonds is 5. The third-order valence-electron chi connectivity index (χ3n) is 3.57. The van der Waals surface area contributed by atoms with Crippen LogP contribution in [0, 0.1) is 5.41 Å².